The van der Waals surface area contributed by atoms with Crippen molar-refractivity contribution in [2.45, 2.75) is 25.6 Å². The van der Waals surface area contributed by atoms with Gasteiger partial charge in [0.15, 0.2) is 0 Å². The van der Waals surface area contributed by atoms with Crippen LogP contribution in [0.25, 0.3) is 0 Å². The molecule has 0 aromatic rings. The molecule has 0 bridgehead atoms. The van der Waals surface area contributed by atoms with Crippen LogP contribution in [0.4, 0.5) is 0 Å². The molecule has 1 fully saturated rings. The van der Waals surface area contributed by atoms with Crippen LogP contribution in [-0.4, -0.2) is 12.2 Å². The van der Waals surface area contributed by atoms with E-state index in [2.05, 4.69) is 25.2 Å². The molecule has 2 atom stereocenters. The van der Waals surface area contributed by atoms with Crippen LogP contribution in [0.15, 0.2) is 23.8 Å². The third kappa shape index (κ3) is 0.724. The topological polar surface area (TPSA) is 12.5 Å². The van der Waals surface area contributed by atoms with Crippen molar-refractivity contribution in [2.24, 2.45) is 0 Å². The van der Waals surface area contributed by atoms with Crippen LogP contribution >= 0.6 is 0 Å². The molecule has 0 aromatic heterocycles. The van der Waals surface area contributed by atoms with Crippen molar-refractivity contribution in [1.29, 1.82) is 0 Å². The summed E-state index contributed by atoms with van der Waals surface area (Å²) < 4.78 is 5.33. The molecule has 0 radical (unpaired) electrons. The predicted molar refractivity (Wildman–Crippen MR) is 36.2 cm³/mol. The van der Waals surface area contributed by atoms with Gasteiger partial charge in [0.25, 0.3) is 0 Å². The van der Waals surface area contributed by atoms with E-state index >= 15 is 0 Å². The fraction of sp³-hybridized carbons (Fsp3) is 0.500. The molecule has 48 valence electrons. The van der Waals surface area contributed by atoms with Crippen LogP contribution in [0.1, 0.15) is 13.3 Å². The van der Waals surface area contributed by atoms with Crippen molar-refractivity contribution in [3.8, 4) is 0 Å². The number of allylic oxidation sites excluding steroid dienone is 2. The summed E-state index contributed by atoms with van der Waals surface area (Å²) >= 11 is 0. The first-order valence-corrected chi connectivity index (χ1v) is 3.44. The van der Waals surface area contributed by atoms with E-state index in [-0.39, 0.29) is 0 Å². The minimum atomic E-state index is 0.435. The van der Waals surface area contributed by atoms with Crippen molar-refractivity contribution in [3.63, 3.8) is 0 Å². The summed E-state index contributed by atoms with van der Waals surface area (Å²) in [7, 11) is 0. The summed E-state index contributed by atoms with van der Waals surface area (Å²) in [5.41, 5.74) is 1.45. The Labute approximate surface area is 55.0 Å². The number of hydrogen-bond acceptors (Lipinski definition) is 1. The molecule has 1 aliphatic heterocycles. The lowest BCUT2D eigenvalue weighted by Crippen LogP contribution is -1.97. The minimum absolute atomic E-state index is 0.435. The van der Waals surface area contributed by atoms with Gasteiger partial charge < -0.3 is 4.74 Å². The smallest absolute Gasteiger partial charge is 0.110 e. The maximum Gasteiger partial charge on any atom is 0.110 e. The van der Waals surface area contributed by atoms with Crippen molar-refractivity contribution in [3.05, 3.63) is 23.8 Å². The summed E-state index contributed by atoms with van der Waals surface area (Å²) in [5.74, 6) is 0. The van der Waals surface area contributed by atoms with E-state index in [0.717, 1.165) is 6.42 Å². The highest BCUT2D eigenvalue weighted by Crippen LogP contribution is 2.34. The molecule has 1 heterocycles. The molecule has 0 aromatic carbocycles. The molecule has 0 spiro atoms. The zero-order valence-corrected chi connectivity index (χ0v) is 5.50. The van der Waals surface area contributed by atoms with Crippen molar-refractivity contribution < 1.29 is 4.74 Å². The lowest BCUT2D eigenvalue weighted by molar-refractivity contribution is 0.406. The van der Waals surface area contributed by atoms with E-state index in [0.29, 0.717) is 12.2 Å². The Morgan fingerprint density at radius 2 is 2.56 bits per heavy atom. The molecule has 1 aliphatic carbocycles. The largest absolute Gasteiger partial charge is 0.360 e. The molecule has 0 N–H and O–H groups in total. The van der Waals surface area contributed by atoms with E-state index in [1.807, 2.05) is 0 Å². The number of epoxide rings is 1. The summed E-state index contributed by atoms with van der Waals surface area (Å²) in [6, 6.07) is 0. The molecule has 0 amide bonds. The second kappa shape index (κ2) is 1.71. The minimum Gasteiger partial charge on any atom is -0.360 e. The van der Waals surface area contributed by atoms with Gasteiger partial charge in [0.1, 0.15) is 12.2 Å². The maximum atomic E-state index is 5.33. The van der Waals surface area contributed by atoms with Crippen LogP contribution in [0.5, 0.6) is 0 Å². The zero-order valence-electron chi connectivity index (χ0n) is 5.50. The van der Waals surface area contributed by atoms with Gasteiger partial charge in [-0.25, -0.2) is 0 Å². The van der Waals surface area contributed by atoms with Gasteiger partial charge in [-0.2, -0.15) is 0 Å². The fourth-order valence-electron chi connectivity index (χ4n) is 1.27. The number of ether oxygens (including phenoxy) is 1. The van der Waals surface area contributed by atoms with Crippen molar-refractivity contribution in [2.75, 3.05) is 0 Å². The van der Waals surface area contributed by atoms with Crippen LogP contribution < -0.4 is 0 Å². The van der Waals surface area contributed by atoms with Gasteiger partial charge in [-0.3, -0.25) is 0 Å². The average molecular weight is 122 g/mol. The van der Waals surface area contributed by atoms with Crippen LogP contribution in [-0.2, 0) is 4.74 Å². The molecular weight excluding hydrogens is 112 g/mol. The Morgan fingerprint density at radius 1 is 1.67 bits per heavy atom. The van der Waals surface area contributed by atoms with E-state index in [1.165, 1.54) is 5.57 Å². The van der Waals surface area contributed by atoms with Gasteiger partial charge in [-0.15, -0.1) is 0 Å². The number of hydrogen-bond donors (Lipinski definition) is 0. The third-order valence-corrected chi connectivity index (χ3v) is 1.91. The molecule has 0 saturated carbocycles. The Kier molecular flexibility index (Phi) is 0.995. The second-order valence-electron chi connectivity index (χ2n) is 2.50. The molecule has 1 saturated heterocycles. The van der Waals surface area contributed by atoms with Crippen molar-refractivity contribution in [1.82, 2.24) is 0 Å². The van der Waals surface area contributed by atoms with Crippen LogP contribution in [0.2, 0.25) is 0 Å². The standard InChI is InChI=1S/C8H10O/c1-2-6-4-3-5-7-8(6)9-7/h3-5,7-8H,2H2,1H3. The molecule has 9 heavy (non-hydrogen) atoms. The number of rotatable bonds is 1. The molecular formula is C8H10O. The van der Waals surface area contributed by atoms with Crippen LogP contribution in [0.3, 0.4) is 0 Å². The Hall–Kier alpha value is -0.560. The van der Waals surface area contributed by atoms with Crippen molar-refractivity contribution >= 4 is 0 Å². The first-order chi connectivity index (χ1) is 4.42. The zero-order chi connectivity index (χ0) is 6.27. The van der Waals surface area contributed by atoms with E-state index in [4.69, 9.17) is 4.74 Å². The van der Waals surface area contributed by atoms with Gasteiger partial charge in [0.05, 0.1) is 0 Å². The third-order valence-electron chi connectivity index (χ3n) is 1.91. The summed E-state index contributed by atoms with van der Waals surface area (Å²) in [6.07, 6.45) is 8.39. The summed E-state index contributed by atoms with van der Waals surface area (Å²) in [6.45, 7) is 2.17. The van der Waals surface area contributed by atoms with Gasteiger partial charge in [0.2, 0.25) is 0 Å². The molecule has 1 nitrogen and oxygen atoms in total. The SMILES string of the molecule is CCC1=CC=CC2OC12. The van der Waals surface area contributed by atoms with Crippen LogP contribution in [0, 0.1) is 0 Å². The lowest BCUT2D eigenvalue weighted by atomic mass is 10.0. The van der Waals surface area contributed by atoms with Gasteiger partial charge in [0, 0.05) is 0 Å². The highest BCUT2D eigenvalue weighted by molar-refractivity contribution is 5.31. The van der Waals surface area contributed by atoms with Gasteiger partial charge >= 0.3 is 0 Å². The Balaban J connectivity index is 2.20. The molecule has 2 unspecified atom stereocenters. The highest BCUT2D eigenvalue weighted by atomic mass is 16.6. The van der Waals surface area contributed by atoms with Gasteiger partial charge in [-0.1, -0.05) is 25.2 Å². The molecule has 2 aliphatic rings. The van der Waals surface area contributed by atoms with E-state index < -0.39 is 0 Å². The normalized spacial score (nSPS) is 37.7. The predicted octanol–water partition coefficient (Wildman–Crippen LogP) is 1.66. The average Bonchev–Trinajstić information content (AvgIpc) is 2.64. The Morgan fingerprint density at radius 3 is 3.22 bits per heavy atom. The summed E-state index contributed by atoms with van der Waals surface area (Å²) in [5, 5.41) is 0. The monoisotopic (exact) mass is 122 g/mol. The Bertz CT molecular complexity index is 179. The molecule has 2 rings (SSSR count). The first kappa shape index (κ1) is 5.24. The lowest BCUT2D eigenvalue weighted by Gasteiger charge is -1.98. The van der Waals surface area contributed by atoms with Gasteiger partial charge in [-0.05, 0) is 12.0 Å². The summed E-state index contributed by atoms with van der Waals surface area (Å²) in [4.78, 5) is 0. The molecule has 1 heteroatoms. The first-order valence-electron chi connectivity index (χ1n) is 3.44. The quantitative estimate of drug-likeness (QED) is 0.482. The van der Waals surface area contributed by atoms with E-state index in [1.54, 1.807) is 0 Å². The second-order valence-corrected chi connectivity index (χ2v) is 2.50. The maximum absolute atomic E-state index is 5.33. The number of fused-ring (bicyclic) bond motifs is 1. The highest BCUT2D eigenvalue weighted by Gasteiger charge is 2.39. The van der Waals surface area contributed by atoms with E-state index in [9.17, 15) is 0 Å². The fourth-order valence-corrected chi connectivity index (χ4v) is 1.27.